The Hall–Kier alpha value is -0.960. The van der Waals surface area contributed by atoms with Crippen LogP contribution < -0.4 is 0 Å². The Balaban J connectivity index is 3.83. The minimum atomic E-state index is -4.78. The molecule has 5 N–H and O–H groups in total. The first-order chi connectivity index (χ1) is 30.8. The van der Waals surface area contributed by atoms with Crippen molar-refractivity contribution in [1.29, 1.82) is 0 Å². The number of esters is 2. The highest BCUT2D eigenvalue weighted by atomic mass is 31.2. The van der Waals surface area contributed by atoms with Gasteiger partial charge in [-0.25, -0.2) is 9.13 Å². The number of hydrogen-bond donors (Lipinski definition) is 5. The molecule has 0 aromatic rings. The van der Waals surface area contributed by atoms with E-state index in [2.05, 4.69) is 27.4 Å². The number of ether oxygens (including phenoxy) is 2. The zero-order valence-electron chi connectivity index (χ0n) is 40.2. The summed E-state index contributed by atoms with van der Waals surface area (Å²) in [6.07, 6.45) is 35.1. The molecule has 382 valence electrons. The zero-order chi connectivity index (χ0) is 47.4. The van der Waals surface area contributed by atoms with Crippen molar-refractivity contribution >= 4 is 27.6 Å². The predicted octanol–water partition coefficient (Wildman–Crippen LogP) is 11.7. The van der Waals surface area contributed by atoms with Crippen molar-refractivity contribution in [2.75, 3.05) is 39.6 Å². The fraction of sp³-hybridized carbons (Fsp3) is 0.957. The summed E-state index contributed by atoms with van der Waals surface area (Å²) in [6, 6.07) is 0. The van der Waals surface area contributed by atoms with Crippen LogP contribution in [0, 0.1) is 0 Å². The van der Waals surface area contributed by atoms with E-state index < -0.39 is 85.5 Å². The van der Waals surface area contributed by atoms with Gasteiger partial charge < -0.3 is 34.6 Å². The summed E-state index contributed by atoms with van der Waals surface area (Å²) in [5.74, 6) is -0.982. The summed E-state index contributed by atoms with van der Waals surface area (Å²) in [7, 11) is -9.56. The normalized spacial score (nSPS) is 15.0. The van der Waals surface area contributed by atoms with Gasteiger partial charge in [-0.05, 0) is 12.8 Å². The molecule has 0 fully saturated rings. The maximum atomic E-state index is 12.2. The SMILES string of the molecule is CCCCCCCCCCCCCCCCCCCC(=O)OCC(O)COP(=O)(O)OCC(O)COP(=O)(O)OCC(O)COC(=O)CCCCCCCCCCCCCCCCC. The van der Waals surface area contributed by atoms with Gasteiger partial charge in [-0.15, -0.1) is 0 Å². The van der Waals surface area contributed by atoms with Crippen LogP contribution >= 0.6 is 15.6 Å². The first-order valence-corrected chi connectivity index (χ1v) is 28.4. The van der Waals surface area contributed by atoms with E-state index in [1.807, 2.05) is 0 Å². The molecule has 0 saturated carbocycles. The standard InChI is InChI=1S/C47H94O15P2/c1-3-5-7-9-11-13-15-17-19-20-22-24-26-28-30-32-34-36-47(52)58-38-44(49)40-60-64(55,56)62-42-45(50)41-61-63(53,54)59-39-43(48)37-57-46(51)35-33-31-29-27-25-23-21-18-16-14-12-10-8-6-4-2/h43-45,48-50H,3-42H2,1-2H3,(H,53,54)(H,55,56). The molecule has 5 atom stereocenters. The van der Waals surface area contributed by atoms with Crippen molar-refractivity contribution in [1.82, 2.24) is 0 Å². The van der Waals surface area contributed by atoms with Crippen LogP contribution in [0.2, 0.25) is 0 Å². The quantitative estimate of drug-likeness (QED) is 0.0217. The molecule has 0 aromatic heterocycles. The van der Waals surface area contributed by atoms with Crippen LogP contribution in [0.3, 0.4) is 0 Å². The van der Waals surface area contributed by atoms with Gasteiger partial charge in [-0.3, -0.25) is 27.7 Å². The third-order valence-corrected chi connectivity index (χ3v) is 13.0. The molecule has 0 bridgehead atoms. The minimum absolute atomic E-state index is 0.203. The molecule has 5 unspecified atom stereocenters. The van der Waals surface area contributed by atoms with Gasteiger partial charge in [0.25, 0.3) is 0 Å². The molecular weight excluding hydrogens is 866 g/mol. The van der Waals surface area contributed by atoms with E-state index >= 15 is 0 Å². The van der Waals surface area contributed by atoms with Gasteiger partial charge in [0.05, 0.1) is 26.4 Å². The Kier molecular flexibility index (Phi) is 43.9. The topological polar surface area (TPSA) is 225 Å². The molecule has 17 heteroatoms. The lowest BCUT2D eigenvalue weighted by Gasteiger charge is -2.19. The molecule has 0 aliphatic heterocycles. The smallest absolute Gasteiger partial charge is 0.463 e. The van der Waals surface area contributed by atoms with E-state index in [1.165, 1.54) is 154 Å². The largest absolute Gasteiger partial charge is 0.472 e. The van der Waals surface area contributed by atoms with E-state index in [4.69, 9.17) is 14.0 Å². The van der Waals surface area contributed by atoms with Gasteiger partial charge in [0.2, 0.25) is 0 Å². The van der Waals surface area contributed by atoms with Crippen LogP contribution in [0.5, 0.6) is 0 Å². The van der Waals surface area contributed by atoms with Crippen LogP contribution in [0.15, 0.2) is 0 Å². The first-order valence-electron chi connectivity index (χ1n) is 25.4. The Morgan fingerprint density at radius 1 is 0.344 bits per heavy atom. The molecule has 0 aromatic carbocycles. The number of carbonyl (C=O) groups excluding carboxylic acids is 2. The highest BCUT2D eigenvalue weighted by Crippen LogP contribution is 2.45. The predicted molar refractivity (Wildman–Crippen MR) is 252 cm³/mol. The number of hydrogen-bond acceptors (Lipinski definition) is 13. The molecule has 0 spiro atoms. The molecule has 0 heterocycles. The Morgan fingerprint density at radius 3 is 0.750 bits per heavy atom. The summed E-state index contributed by atoms with van der Waals surface area (Å²) in [4.78, 5) is 43.8. The number of aliphatic hydroxyl groups excluding tert-OH is 3. The lowest BCUT2D eigenvalue weighted by Crippen LogP contribution is -2.25. The van der Waals surface area contributed by atoms with Gasteiger partial charge in [0.1, 0.15) is 31.5 Å². The second-order valence-electron chi connectivity index (χ2n) is 17.6. The van der Waals surface area contributed by atoms with Crippen molar-refractivity contribution in [2.45, 2.75) is 250 Å². The minimum Gasteiger partial charge on any atom is -0.463 e. The monoisotopic (exact) mass is 961 g/mol. The Morgan fingerprint density at radius 2 is 0.531 bits per heavy atom. The molecule has 0 aliphatic rings. The van der Waals surface area contributed by atoms with E-state index in [0.717, 1.165) is 38.5 Å². The van der Waals surface area contributed by atoms with Crippen molar-refractivity contribution in [3.05, 3.63) is 0 Å². The van der Waals surface area contributed by atoms with E-state index in [0.29, 0.717) is 12.8 Å². The first kappa shape index (κ1) is 63.0. The summed E-state index contributed by atoms with van der Waals surface area (Å²) in [6.45, 7) is 0.481. The number of aliphatic hydroxyl groups is 3. The molecule has 64 heavy (non-hydrogen) atoms. The third kappa shape index (κ3) is 46.2. The molecule has 0 rings (SSSR count). The molecule has 0 aliphatic carbocycles. The summed E-state index contributed by atoms with van der Waals surface area (Å²) >= 11 is 0. The van der Waals surface area contributed by atoms with Gasteiger partial charge in [0.15, 0.2) is 0 Å². The second-order valence-corrected chi connectivity index (χ2v) is 20.5. The fourth-order valence-corrected chi connectivity index (χ4v) is 8.69. The van der Waals surface area contributed by atoms with Crippen molar-refractivity contribution in [3.8, 4) is 0 Å². The molecule has 15 nitrogen and oxygen atoms in total. The number of unbranched alkanes of at least 4 members (excludes halogenated alkanes) is 30. The van der Waals surface area contributed by atoms with Gasteiger partial charge in [0, 0.05) is 12.8 Å². The second kappa shape index (κ2) is 44.5. The number of phosphoric ester groups is 2. The third-order valence-electron chi connectivity index (χ3n) is 11.1. The highest BCUT2D eigenvalue weighted by molar-refractivity contribution is 7.47. The maximum absolute atomic E-state index is 12.2. The van der Waals surface area contributed by atoms with Crippen LogP contribution in [-0.2, 0) is 46.3 Å². The zero-order valence-corrected chi connectivity index (χ0v) is 42.0. The molecule has 0 radical (unpaired) electrons. The fourth-order valence-electron chi connectivity index (χ4n) is 7.10. The van der Waals surface area contributed by atoms with E-state index in [1.54, 1.807) is 0 Å². The van der Waals surface area contributed by atoms with E-state index in [-0.39, 0.29) is 12.8 Å². The summed E-state index contributed by atoms with van der Waals surface area (Å²) < 4.78 is 53.0. The molecule has 0 saturated heterocycles. The average molecular weight is 961 g/mol. The van der Waals surface area contributed by atoms with Crippen LogP contribution in [0.25, 0.3) is 0 Å². The van der Waals surface area contributed by atoms with Crippen molar-refractivity contribution < 1.29 is 71.4 Å². The average Bonchev–Trinajstić information content (AvgIpc) is 3.27. The molecule has 0 amide bonds. The van der Waals surface area contributed by atoms with Crippen LogP contribution in [-0.4, -0.2) is 95.0 Å². The lowest BCUT2D eigenvalue weighted by molar-refractivity contribution is -0.148. The highest BCUT2D eigenvalue weighted by Gasteiger charge is 2.28. The molecular formula is C47H94O15P2. The Labute approximate surface area is 388 Å². The maximum Gasteiger partial charge on any atom is 0.472 e. The Bertz CT molecular complexity index is 1160. The van der Waals surface area contributed by atoms with Crippen molar-refractivity contribution in [3.63, 3.8) is 0 Å². The van der Waals surface area contributed by atoms with Gasteiger partial charge >= 0.3 is 27.6 Å². The summed E-state index contributed by atoms with van der Waals surface area (Å²) in [5.41, 5.74) is 0. The summed E-state index contributed by atoms with van der Waals surface area (Å²) in [5, 5.41) is 30.0. The van der Waals surface area contributed by atoms with Crippen molar-refractivity contribution in [2.24, 2.45) is 0 Å². The number of rotatable bonds is 50. The lowest BCUT2D eigenvalue weighted by atomic mass is 10.0. The van der Waals surface area contributed by atoms with E-state index in [9.17, 15) is 43.8 Å². The number of carbonyl (C=O) groups is 2. The van der Waals surface area contributed by atoms with Gasteiger partial charge in [-0.2, -0.15) is 0 Å². The number of phosphoric acid groups is 2. The van der Waals surface area contributed by atoms with Gasteiger partial charge in [-0.1, -0.05) is 206 Å². The van der Waals surface area contributed by atoms with Crippen LogP contribution in [0.4, 0.5) is 0 Å². The van der Waals surface area contributed by atoms with Crippen LogP contribution in [0.1, 0.15) is 232 Å².